The van der Waals surface area contributed by atoms with Crippen molar-refractivity contribution >= 4 is 11.6 Å². The number of ether oxygens (including phenoxy) is 1. The average molecular weight is 249 g/mol. The van der Waals surface area contributed by atoms with E-state index in [-0.39, 0.29) is 6.61 Å². The Bertz CT molecular complexity index is 554. The predicted molar refractivity (Wildman–Crippen MR) is 61.5 cm³/mol. The van der Waals surface area contributed by atoms with Gasteiger partial charge in [-0.2, -0.15) is 10.4 Å². The van der Waals surface area contributed by atoms with Gasteiger partial charge >= 0.3 is 0 Å². The minimum absolute atomic E-state index is 0.263. The largest absolute Gasteiger partial charge is 0.486 e. The summed E-state index contributed by atoms with van der Waals surface area (Å²) in [5, 5.41) is 13.5. The molecule has 0 spiro atoms. The average Bonchev–Trinajstić information content (AvgIpc) is 2.66. The highest BCUT2D eigenvalue weighted by Gasteiger charge is 2.06. The van der Waals surface area contributed by atoms with Crippen molar-refractivity contribution in [2.75, 3.05) is 0 Å². The molecule has 0 N–H and O–H groups in total. The van der Waals surface area contributed by atoms with Crippen LogP contribution in [-0.2, 0) is 13.7 Å². The summed E-state index contributed by atoms with van der Waals surface area (Å²) in [5.74, 6) is 0.490. The van der Waals surface area contributed by atoms with Crippen LogP contribution in [0.15, 0.2) is 24.5 Å². The molecule has 0 aliphatic heterocycles. The molecular weight excluding hydrogens is 240 g/mol. The van der Waals surface area contributed by atoms with E-state index in [4.69, 9.17) is 21.6 Å². The Hall–Kier alpha value is -2.06. The summed E-state index contributed by atoms with van der Waals surface area (Å²) in [7, 11) is 1.75. The minimum Gasteiger partial charge on any atom is -0.486 e. The minimum atomic E-state index is 0.263. The molecule has 0 saturated carbocycles. The van der Waals surface area contributed by atoms with E-state index < -0.39 is 0 Å². The molecule has 0 saturated heterocycles. The molecule has 0 aliphatic rings. The Labute approximate surface area is 103 Å². The normalized spacial score (nSPS) is 9.94. The van der Waals surface area contributed by atoms with Crippen LogP contribution in [0.2, 0.25) is 5.15 Å². The number of halogens is 1. The maximum Gasteiger partial charge on any atom is 0.140 e. The van der Waals surface area contributed by atoms with Crippen molar-refractivity contribution in [1.82, 2.24) is 14.8 Å². The predicted octanol–water partition coefficient (Wildman–Crippen LogP) is 1.92. The molecule has 0 aliphatic carbocycles. The van der Waals surface area contributed by atoms with Crippen LogP contribution in [0.3, 0.4) is 0 Å². The van der Waals surface area contributed by atoms with Crippen LogP contribution in [0.4, 0.5) is 0 Å². The SMILES string of the molecule is Cn1nc(COc2ccncc2C#N)cc1Cl. The summed E-state index contributed by atoms with van der Waals surface area (Å²) in [6.45, 7) is 0.263. The van der Waals surface area contributed by atoms with Crippen LogP contribution in [-0.4, -0.2) is 14.8 Å². The molecule has 17 heavy (non-hydrogen) atoms. The van der Waals surface area contributed by atoms with E-state index in [1.54, 1.807) is 30.1 Å². The molecule has 2 heterocycles. The number of hydrogen-bond acceptors (Lipinski definition) is 4. The smallest absolute Gasteiger partial charge is 0.140 e. The van der Waals surface area contributed by atoms with Gasteiger partial charge in [0.15, 0.2) is 0 Å². The lowest BCUT2D eigenvalue weighted by Crippen LogP contribution is -1.99. The second kappa shape index (κ2) is 4.85. The van der Waals surface area contributed by atoms with Crippen molar-refractivity contribution in [3.05, 3.63) is 40.9 Å². The van der Waals surface area contributed by atoms with Gasteiger partial charge in [-0.05, 0) is 6.07 Å². The summed E-state index contributed by atoms with van der Waals surface area (Å²) >= 11 is 5.85. The zero-order valence-electron chi connectivity index (χ0n) is 9.09. The molecule has 5 nitrogen and oxygen atoms in total. The van der Waals surface area contributed by atoms with Gasteiger partial charge in [0.25, 0.3) is 0 Å². The summed E-state index contributed by atoms with van der Waals surface area (Å²) in [6.07, 6.45) is 3.03. The Kier molecular flexibility index (Phi) is 3.26. The van der Waals surface area contributed by atoms with E-state index in [1.165, 1.54) is 6.20 Å². The van der Waals surface area contributed by atoms with Crippen molar-refractivity contribution in [1.29, 1.82) is 5.26 Å². The highest BCUT2D eigenvalue weighted by atomic mass is 35.5. The van der Waals surface area contributed by atoms with Crippen LogP contribution >= 0.6 is 11.6 Å². The number of hydrogen-bond donors (Lipinski definition) is 0. The maximum atomic E-state index is 8.85. The fourth-order valence-corrected chi connectivity index (χ4v) is 1.48. The van der Waals surface area contributed by atoms with Gasteiger partial charge < -0.3 is 4.74 Å². The monoisotopic (exact) mass is 248 g/mol. The third-order valence-electron chi connectivity index (χ3n) is 2.15. The van der Waals surface area contributed by atoms with Crippen molar-refractivity contribution < 1.29 is 4.74 Å². The summed E-state index contributed by atoms with van der Waals surface area (Å²) in [4.78, 5) is 3.85. The zero-order valence-corrected chi connectivity index (χ0v) is 9.85. The van der Waals surface area contributed by atoms with E-state index in [9.17, 15) is 0 Å². The first-order chi connectivity index (χ1) is 8.20. The molecule has 0 bridgehead atoms. The number of nitriles is 1. The van der Waals surface area contributed by atoms with E-state index >= 15 is 0 Å². The molecule has 0 amide bonds. The number of nitrogens with zero attached hydrogens (tertiary/aromatic N) is 4. The lowest BCUT2D eigenvalue weighted by atomic mass is 10.3. The number of aromatic nitrogens is 3. The number of rotatable bonds is 3. The summed E-state index contributed by atoms with van der Waals surface area (Å²) < 4.78 is 7.04. The molecular formula is C11H9ClN4O. The first-order valence-corrected chi connectivity index (χ1v) is 5.24. The molecule has 0 radical (unpaired) electrons. The van der Waals surface area contributed by atoms with Crippen molar-refractivity contribution in [3.8, 4) is 11.8 Å². The summed E-state index contributed by atoms with van der Waals surface area (Å²) in [5.41, 5.74) is 1.10. The highest BCUT2D eigenvalue weighted by Crippen LogP contribution is 2.17. The molecule has 6 heteroatoms. The first kappa shape index (κ1) is 11.4. The lowest BCUT2D eigenvalue weighted by Gasteiger charge is -2.04. The van der Waals surface area contributed by atoms with Crippen molar-refractivity contribution in [2.45, 2.75) is 6.61 Å². The Morgan fingerprint density at radius 1 is 1.59 bits per heavy atom. The molecule has 2 aromatic rings. The molecule has 0 unspecified atom stereocenters. The second-order valence-electron chi connectivity index (χ2n) is 3.35. The zero-order chi connectivity index (χ0) is 12.3. The lowest BCUT2D eigenvalue weighted by molar-refractivity contribution is 0.299. The van der Waals surface area contributed by atoms with Gasteiger partial charge in [-0.25, -0.2) is 0 Å². The van der Waals surface area contributed by atoms with Gasteiger partial charge in [0, 0.05) is 25.5 Å². The third-order valence-corrected chi connectivity index (χ3v) is 2.50. The Morgan fingerprint density at radius 3 is 3.06 bits per heavy atom. The molecule has 0 aromatic carbocycles. The van der Waals surface area contributed by atoms with Gasteiger partial charge in [0.1, 0.15) is 34.8 Å². The van der Waals surface area contributed by atoms with E-state index in [1.807, 2.05) is 6.07 Å². The third kappa shape index (κ3) is 2.55. The number of aryl methyl sites for hydroxylation is 1. The standard InChI is InChI=1S/C11H9ClN4O/c1-16-11(12)4-9(15-16)7-17-10-2-3-14-6-8(10)5-13/h2-4,6H,7H2,1H3. The van der Waals surface area contributed by atoms with Crippen LogP contribution in [0.25, 0.3) is 0 Å². The molecule has 0 fully saturated rings. The quantitative estimate of drug-likeness (QED) is 0.832. The van der Waals surface area contributed by atoms with Crippen molar-refractivity contribution in [3.63, 3.8) is 0 Å². The topological polar surface area (TPSA) is 63.7 Å². The van der Waals surface area contributed by atoms with Gasteiger partial charge in [-0.3, -0.25) is 9.67 Å². The van der Waals surface area contributed by atoms with Crippen molar-refractivity contribution in [2.24, 2.45) is 7.05 Å². The number of pyridine rings is 1. The first-order valence-electron chi connectivity index (χ1n) is 4.86. The fourth-order valence-electron chi connectivity index (χ4n) is 1.31. The Morgan fingerprint density at radius 2 is 2.41 bits per heavy atom. The summed E-state index contributed by atoms with van der Waals surface area (Å²) in [6, 6.07) is 5.37. The van der Waals surface area contributed by atoms with Crippen LogP contribution in [0.5, 0.6) is 5.75 Å². The van der Waals surface area contributed by atoms with Gasteiger partial charge in [0.05, 0.1) is 0 Å². The Balaban J connectivity index is 2.10. The second-order valence-corrected chi connectivity index (χ2v) is 3.74. The van der Waals surface area contributed by atoms with Crippen LogP contribution in [0.1, 0.15) is 11.3 Å². The molecule has 86 valence electrons. The van der Waals surface area contributed by atoms with E-state index in [0.29, 0.717) is 22.2 Å². The van der Waals surface area contributed by atoms with Gasteiger partial charge in [-0.1, -0.05) is 11.6 Å². The van der Waals surface area contributed by atoms with E-state index in [0.717, 1.165) is 0 Å². The van der Waals surface area contributed by atoms with Crippen LogP contribution < -0.4 is 4.74 Å². The molecule has 2 rings (SSSR count). The van der Waals surface area contributed by atoms with E-state index in [2.05, 4.69) is 10.1 Å². The molecule has 2 aromatic heterocycles. The van der Waals surface area contributed by atoms with Crippen LogP contribution in [0, 0.1) is 11.3 Å². The fraction of sp³-hybridized carbons (Fsp3) is 0.182. The molecule has 0 atom stereocenters. The maximum absolute atomic E-state index is 8.85. The highest BCUT2D eigenvalue weighted by molar-refractivity contribution is 6.29. The van der Waals surface area contributed by atoms with Gasteiger partial charge in [-0.15, -0.1) is 0 Å². The van der Waals surface area contributed by atoms with Gasteiger partial charge in [0.2, 0.25) is 0 Å².